The maximum Gasteiger partial charge on any atom is 0.291 e. The van der Waals surface area contributed by atoms with E-state index in [2.05, 4.69) is 20.4 Å². The molecule has 0 bridgehead atoms. The summed E-state index contributed by atoms with van der Waals surface area (Å²) in [6, 6.07) is 0. The second kappa shape index (κ2) is 6.66. The third-order valence-corrected chi connectivity index (χ3v) is 5.46. The van der Waals surface area contributed by atoms with E-state index < -0.39 is 0 Å². The van der Waals surface area contributed by atoms with Gasteiger partial charge in [0.05, 0.1) is 25.2 Å². The Kier molecular flexibility index (Phi) is 4.36. The van der Waals surface area contributed by atoms with Crippen LogP contribution >= 0.6 is 11.3 Å². The van der Waals surface area contributed by atoms with Gasteiger partial charge in [0.2, 0.25) is 5.82 Å². The van der Waals surface area contributed by atoms with Gasteiger partial charge in [-0.15, -0.1) is 16.4 Å². The van der Waals surface area contributed by atoms with Gasteiger partial charge in [0.15, 0.2) is 5.65 Å². The molecule has 0 radical (unpaired) electrons. The second-order valence-corrected chi connectivity index (χ2v) is 7.04. The van der Waals surface area contributed by atoms with Crippen LogP contribution in [0.25, 0.3) is 15.9 Å². The number of carbonyl (C=O) groups is 1. The summed E-state index contributed by atoms with van der Waals surface area (Å²) in [6.07, 6.45) is 3.29. The van der Waals surface area contributed by atoms with Gasteiger partial charge in [0.25, 0.3) is 5.91 Å². The standard InChI is InChI=1S/C16H19N5O3S/c1-9-18-16-12(10-3-2-4-11(10)25-16)14-19-13(20-21(9)14)15(23)17-5-7-24-8-6-22/h22H,2-8H2,1H3,(H,17,23). The molecule has 1 amide bonds. The fourth-order valence-electron chi connectivity index (χ4n) is 3.17. The summed E-state index contributed by atoms with van der Waals surface area (Å²) < 4.78 is 6.78. The van der Waals surface area contributed by atoms with Gasteiger partial charge < -0.3 is 15.2 Å². The van der Waals surface area contributed by atoms with Crippen LogP contribution in [0.3, 0.4) is 0 Å². The van der Waals surface area contributed by atoms with Gasteiger partial charge >= 0.3 is 0 Å². The first-order valence-electron chi connectivity index (χ1n) is 8.33. The number of nitrogens with one attached hydrogen (secondary N) is 1. The first-order valence-corrected chi connectivity index (χ1v) is 9.15. The Morgan fingerprint density at radius 2 is 2.24 bits per heavy atom. The molecule has 0 saturated heterocycles. The molecule has 3 heterocycles. The molecule has 0 fully saturated rings. The predicted molar refractivity (Wildman–Crippen MR) is 93.2 cm³/mol. The molecule has 0 spiro atoms. The lowest BCUT2D eigenvalue weighted by Gasteiger charge is -2.02. The second-order valence-electron chi connectivity index (χ2n) is 5.96. The van der Waals surface area contributed by atoms with E-state index >= 15 is 0 Å². The molecule has 1 aliphatic rings. The van der Waals surface area contributed by atoms with E-state index in [9.17, 15) is 4.79 Å². The maximum atomic E-state index is 12.3. The van der Waals surface area contributed by atoms with E-state index in [0.29, 0.717) is 18.8 Å². The Morgan fingerprint density at radius 3 is 3.08 bits per heavy atom. The first kappa shape index (κ1) is 16.4. The van der Waals surface area contributed by atoms with E-state index in [1.165, 1.54) is 10.4 Å². The summed E-state index contributed by atoms with van der Waals surface area (Å²) in [5, 5.41) is 16.8. The first-order chi connectivity index (χ1) is 12.2. The number of amides is 1. The minimum atomic E-state index is -0.337. The van der Waals surface area contributed by atoms with Gasteiger partial charge in [-0.25, -0.2) is 9.97 Å². The van der Waals surface area contributed by atoms with Crippen LogP contribution in [0, 0.1) is 6.92 Å². The van der Waals surface area contributed by atoms with Crippen molar-refractivity contribution in [3.8, 4) is 0 Å². The number of fused-ring (bicyclic) bond motifs is 5. The molecular formula is C16H19N5O3S. The van der Waals surface area contributed by atoms with Crippen molar-refractivity contribution in [3.05, 3.63) is 22.1 Å². The topological polar surface area (TPSA) is 102 Å². The van der Waals surface area contributed by atoms with Crippen LogP contribution in [0.15, 0.2) is 0 Å². The molecule has 0 unspecified atom stereocenters. The van der Waals surface area contributed by atoms with Crippen LogP contribution in [-0.2, 0) is 17.6 Å². The number of aryl methyl sites for hydroxylation is 3. The van der Waals surface area contributed by atoms with Crippen molar-refractivity contribution >= 4 is 33.1 Å². The predicted octanol–water partition coefficient (Wildman–Crippen LogP) is 0.875. The maximum absolute atomic E-state index is 12.3. The lowest BCUT2D eigenvalue weighted by atomic mass is 10.2. The van der Waals surface area contributed by atoms with Crippen LogP contribution in [0.4, 0.5) is 0 Å². The van der Waals surface area contributed by atoms with E-state index in [1.54, 1.807) is 15.9 Å². The third kappa shape index (κ3) is 2.88. The molecule has 0 aromatic carbocycles. The van der Waals surface area contributed by atoms with E-state index in [4.69, 9.17) is 9.84 Å². The van der Waals surface area contributed by atoms with Crippen LogP contribution < -0.4 is 5.32 Å². The molecule has 0 aliphatic heterocycles. The zero-order chi connectivity index (χ0) is 17.4. The highest BCUT2D eigenvalue weighted by Crippen LogP contribution is 2.38. The summed E-state index contributed by atoms with van der Waals surface area (Å²) in [5.74, 6) is 0.522. The minimum Gasteiger partial charge on any atom is -0.394 e. The van der Waals surface area contributed by atoms with Crippen molar-refractivity contribution in [2.45, 2.75) is 26.2 Å². The molecule has 0 saturated carbocycles. The van der Waals surface area contributed by atoms with Gasteiger partial charge in [-0.3, -0.25) is 4.79 Å². The van der Waals surface area contributed by atoms with Crippen LogP contribution in [0.2, 0.25) is 0 Å². The molecule has 4 rings (SSSR count). The number of nitrogens with zero attached hydrogens (tertiary/aromatic N) is 4. The molecule has 132 valence electrons. The highest BCUT2D eigenvalue weighted by Gasteiger charge is 2.24. The van der Waals surface area contributed by atoms with Gasteiger partial charge in [-0.05, 0) is 31.7 Å². The normalized spacial score (nSPS) is 13.7. The number of rotatable bonds is 6. The Morgan fingerprint density at radius 1 is 1.36 bits per heavy atom. The summed E-state index contributed by atoms with van der Waals surface area (Å²) in [7, 11) is 0. The molecule has 8 nitrogen and oxygen atoms in total. The summed E-state index contributed by atoms with van der Waals surface area (Å²) >= 11 is 1.72. The number of aliphatic hydroxyl groups is 1. The smallest absolute Gasteiger partial charge is 0.291 e. The minimum absolute atomic E-state index is 0.0326. The van der Waals surface area contributed by atoms with Gasteiger partial charge in [-0.2, -0.15) is 4.52 Å². The Hall–Kier alpha value is -2.10. The zero-order valence-electron chi connectivity index (χ0n) is 13.9. The highest BCUT2D eigenvalue weighted by molar-refractivity contribution is 7.19. The number of aromatic nitrogens is 4. The summed E-state index contributed by atoms with van der Waals surface area (Å²) in [4.78, 5) is 23.8. The van der Waals surface area contributed by atoms with Crippen molar-refractivity contribution in [3.63, 3.8) is 0 Å². The molecule has 0 atom stereocenters. The fraction of sp³-hybridized carbons (Fsp3) is 0.500. The van der Waals surface area contributed by atoms with E-state index in [0.717, 1.165) is 35.3 Å². The fourth-order valence-corrected chi connectivity index (χ4v) is 4.47. The molecule has 3 aromatic rings. The Bertz CT molecular complexity index is 948. The SMILES string of the molecule is Cc1nc2sc3c(c2c2nc(C(=O)NCCOCCO)nn12)CCC3. The van der Waals surface area contributed by atoms with Crippen LogP contribution in [0.5, 0.6) is 0 Å². The Labute approximate surface area is 147 Å². The summed E-state index contributed by atoms with van der Waals surface area (Å²) in [6.45, 7) is 2.78. The average Bonchev–Trinajstić information content (AvgIpc) is 3.27. The van der Waals surface area contributed by atoms with Gasteiger partial charge in [-0.1, -0.05) is 0 Å². The molecule has 9 heteroatoms. The third-order valence-electron chi connectivity index (χ3n) is 4.27. The van der Waals surface area contributed by atoms with E-state index in [1.807, 2.05) is 6.92 Å². The van der Waals surface area contributed by atoms with Crippen molar-refractivity contribution in [1.82, 2.24) is 24.9 Å². The Balaban J connectivity index is 1.64. The van der Waals surface area contributed by atoms with Crippen molar-refractivity contribution in [1.29, 1.82) is 0 Å². The molecule has 25 heavy (non-hydrogen) atoms. The number of thiophene rings is 1. The molecule has 3 aromatic heterocycles. The highest BCUT2D eigenvalue weighted by atomic mass is 32.1. The van der Waals surface area contributed by atoms with Crippen molar-refractivity contribution in [2.75, 3.05) is 26.4 Å². The quantitative estimate of drug-likeness (QED) is 0.632. The largest absolute Gasteiger partial charge is 0.394 e. The molecular weight excluding hydrogens is 342 g/mol. The van der Waals surface area contributed by atoms with Crippen molar-refractivity contribution in [2.24, 2.45) is 0 Å². The van der Waals surface area contributed by atoms with Gasteiger partial charge in [0.1, 0.15) is 10.7 Å². The number of hydrogen-bond acceptors (Lipinski definition) is 7. The average molecular weight is 361 g/mol. The van der Waals surface area contributed by atoms with Gasteiger partial charge in [0, 0.05) is 11.4 Å². The zero-order valence-corrected chi connectivity index (χ0v) is 14.7. The number of carbonyl (C=O) groups excluding carboxylic acids is 1. The lowest BCUT2D eigenvalue weighted by Crippen LogP contribution is -2.28. The number of hydrogen-bond donors (Lipinski definition) is 2. The monoisotopic (exact) mass is 361 g/mol. The number of aliphatic hydroxyl groups excluding tert-OH is 1. The van der Waals surface area contributed by atoms with Crippen LogP contribution in [-0.4, -0.2) is 57.0 Å². The van der Waals surface area contributed by atoms with E-state index in [-0.39, 0.29) is 24.9 Å². The number of ether oxygens (including phenoxy) is 1. The van der Waals surface area contributed by atoms with Crippen molar-refractivity contribution < 1.29 is 14.6 Å². The lowest BCUT2D eigenvalue weighted by molar-refractivity contribution is 0.0832. The van der Waals surface area contributed by atoms with Crippen LogP contribution in [0.1, 0.15) is 33.3 Å². The summed E-state index contributed by atoms with van der Waals surface area (Å²) in [5.41, 5.74) is 2.03. The molecule has 1 aliphatic carbocycles. The molecule has 2 N–H and O–H groups in total.